The molecule has 7 atom stereocenters. The zero-order valence-electron chi connectivity index (χ0n) is 20.6. The highest BCUT2D eigenvalue weighted by molar-refractivity contribution is 5.87. The molecule has 0 radical (unpaired) electrons. The van der Waals surface area contributed by atoms with Gasteiger partial charge >= 0.3 is 5.97 Å². The number of aliphatic hydroxyl groups excluding tert-OH is 1. The summed E-state index contributed by atoms with van der Waals surface area (Å²) < 4.78 is 12.2. The van der Waals surface area contributed by atoms with Crippen molar-refractivity contribution in [1.29, 1.82) is 0 Å². The Morgan fingerprint density at radius 2 is 1.84 bits per heavy atom. The summed E-state index contributed by atoms with van der Waals surface area (Å²) in [5.41, 5.74) is -0.833. The fourth-order valence-electron chi connectivity index (χ4n) is 4.83. The standard InChI is InChI=1S/C26H42O6/c1-7-12-25(5)16-22-21(32-25)10-8-17(2)13-19(4)20(27)15-26(6,30)23(28)14-18(3)9-11-24(29)31-22/h9,11,13,18-22,27,30H,7-8,10,12,14-16H2,1-6H3/b11-9+,17-13+/t18-,19-,20+,21+,22-,25-,26-/m1/s1. The Morgan fingerprint density at radius 1 is 1.16 bits per heavy atom. The van der Waals surface area contributed by atoms with Gasteiger partial charge in [0.15, 0.2) is 5.78 Å². The van der Waals surface area contributed by atoms with Gasteiger partial charge in [0.1, 0.15) is 11.7 Å². The SMILES string of the molecule is CCC[C@]1(C)C[C@H]2OC(=O)/C=C/[C@@H](C)CC(=O)[C@](C)(O)C[C@H](O)[C@H](C)/C=C(\C)CC[C@@H]2O1. The van der Waals surface area contributed by atoms with Crippen molar-refractivity contribution in [2.24, 2.45) is 11.8 Å². The molecule has 0 spiro atoms. The highest BCUT2D eigenvalue weighted by Crippen LogP contribution is 2.38. The van der Waals surface area contributed by atoms with Crippen molar-refractivity contribution in [2.75, 3.05) is 0 Å². The molecule has 0 unspecified atom stereocenters. The number of fused-ring (bicyclic) bond motifs is 1. The third-order valence-corrected chi connectivity index (χ3v) is 6.78. The Hall–Kier alpha value is -1.50. The van der Waals surface area contributed by atoms with E-state index in [-0.39, 0.29) is 48.3 Å². The summed E-state index contributed by atoms with van der Waals surface area (Å²) in [6.45, 7) is 11.4. The minimum Gasteiger partial charge on any atom is -0.456 e. The fourth-order valence-corrected chi connectivity index (χ4v) is 4.83. The molecule has 2 N–H and O–H groups in total. The molecule has 6 nitrogen and oxygen atoms in total. The lowest BCUT2D eigenvalue weighted by Gasteiger charge is -2.28. The van der Waals surface area contributed by atoms with Crippen LogP contribution in [0.2, 0.25) is 0 Å². The van der Waals surface area contributed by atoms with Gasteiger partial charge in [-0.3, -0.25) is 4.79 Å². The monoisotopic (exact) mass is 450 g/mol. The van der Waals surface area contributed by atoms with E-state index in [9.17, 15) is 19.8 Å². The first-order valence-corrected chi connectivity index (χ1v) is 12.0. The summed E-state index contributed by atoms with van der Waals surface area (Å²) in [6, 6.07) is 0. The lowest BCUT2D eigenvalue weighted by molar-refractivity contribution is -0.146. The molecule has 182 valence electrons. The fraction of sp³-hybridized carbons (Fsp3) is 0.769. The van der Waals surface area contributed by atoms with Crippen LogP contribution in [0.3, 0.4) is 0 Å². The second-order valence-electron chi connectivity index (χ2n) is 10.5. The number of rotatable bonds is 2. The van der Waals surface area contributed by atoms with Crippen molar-refractivity contribution < 1.29 is 29.3 Å². The molecule has 0 aromatic carbocycles. The van der Waals surface area contributed by atoms with E-state index < -0.39 is 17.7 Å². The van der Waals surface area contributed by atoms with Crippen LogP contribution in [0.4, 0.5) is 0 Å². The molecule has 0 aromatic heterocycles. The average Bonchev–Trinajstić information content (AvgIpc) is 2.99. The van der Waals surface area contributed by atoms with Gasteiger partial charge in [-0.05, 0) is 46.0 Å². The van der Waals surface area contributed by atoms with Gasteiger partial charge in [-0.1, -0.05) is 44.9 Å². The summed E-state index contributed by atoms with van der Waals surface area (Å²) in [6.07, 6.45) is 7.78. The van der Waals surface area contributed by atoms with Crippen LogP contribution in [-0.4, -0.2) is 51.5 Å². The lowest BCUT2D eigenvalue weighted by Crippen LogP contribution is -2.40. The van der Waals surface area contributed by atoms with E-state index in [2.05, 4.69) is 13.8 Å². The quantitative estimate of drug-likeness (QED) is 0.482. The van der Waals surface area contributed by atoms with Gasteiger partial charge in [0, 0.05) is 31.3 Å². The topological polar surface area (TPSA) is 93.1 Å². The van der Waals surface area contributed by atoms with Gasteiger partial charge in [-0.15, -0.1) is 0 Å². The first-order chi connectivity index (χ1) is 14.8. The molecular weight excluding hydrogens is 408 g/mol. The zero-order valence-corrected chi connectivity index (χ0v) is 20.6. The van der Waals surface area contributed by atoms with Crippen molar-refractivity contribution in [3.8, 4) is 0 Å². The molecule has 1 fully saturated rings. The minimum absolute atomic E-state index is 0.0293. The van der Waals surface area contributed by atoms with Crippen molar-refractivity contribution in [2.45, 2.75) is 116 Å². The van der Waals surface area contributed by atoms with E-state index in [1.807, 2.05) is 26.8 Å². The number of ether oxygens (including phenoxy) is 2. The zero-order chi connectivity index (χ0) is 24.1. The maximum absolute atomic E-state index is 12.6. The summed E-state index contributed by atoms with van der Waals surface area (Å²) in [5, 5.41) is 21.3. The first kappa shape index (κ1) is 26.7. The molecule has 2 heterocycles. The van der Waals surface area contributed by atoms with Crippen LogP contribution in [0.15, 0.2) is 23.8 Å². The molecule has 0 bridgehead atoms. The molecule has 0 aromatic rings. The summed E-state index contributed by atoms with van der Waals surface area (Å²) in [4.78, 5) is 25.1. The van der Waals surface area contributed by atoms with Crippen LogP contribution in [0, 0.1) is 11.8 Å². The number of allylic oxidation sites excluding steroid dienone is 2. The molecule has 2 aliphatic rings. The minimum atomic E-state index is -1.62. The summed E-state index contributed by atoms with van der Waals surface area (Å²) in [7, 11) is 0. The van der Waals surface area contributed by atoms with Crippen molar-refractivity contribution >= 4 is 11.8 Å². The number of esters is 1. The van der Waals surface area contributed by atoms with E-state index in [1.54, 1.807) is 6.08 Å². The predicted molar refractivity (Wildman–Crippen MR) is 124 cm³/mol. The Bertz CT molecular complexity index is 724. The second kappa shape index (κ2) is 11.1. The number of hydrogen-bond acceptors (Lipinski definition) is 6. The van der Waals surface area contributed by atoms with Crippen molar-refractivity contribution in [1.82, 2.24) is 0 Å². The smallest absolute Gasteiger partial charge is 0.330 e. The number of ketones is 1. The van der Waals surface area contributed by atoms with Crippen LogP contribution < -0.4 is 0 Å². The van der Waals surface area contributed by atoms with Gasteiger partial charge < -0.3 is 19.7 Å². The molecule has 6 heteroatoms. The van der Waals surface area contributed by atoms with E-state index >= 15 is 0 Å². The van der Waals surface area contributed by atoms with Crippen molar-refractivity contribution in [3.05, 3.63) is 23.8 Å². The summed E-state index contributed by atoms with van der Waals surface area (Å²) in [5.74, 6) is -1.23. The molecule has 1 saturated heterocycles. The van der Waals surface area contributed by atoms with Gasteiger partial charge in [-0.25, -0.2) is 4.79 Å². The second-order valence-corrected chi connectivity index (χ2v) is 10.5. The maximum Gasteiger partial charge on any atom is 0.330 e. The van der Waals surface area contributed by atoms with Gasteiger partial charge in [0.2, 0.25) is 0 Å². The Balaban J connectivity index is 2.27. The molecular formula is C26H42O6. The van der Waals surface area contributed by atoms with Crippen LogP contribution in [-0.2, 0) is 19.1 Å². The van der Waals surface area contributed by atoms with Crippen LogP contribution in [0.25, 0.3) is 0 Å². The molecule has 2 rings (SSSR count). The summed E-state index contributed by atoms with van der Waals surface area (Å²) >= 11 is 0. The number of hydrogen-bond donors (Lipinski definition) is 2. The largest absolute Gasteiger partial charge is 0.456 e. The van der Waals surface area contributed by atoms with Crippen LogP contribution in [0.1, 0.15) is 86.5 Å². The first-order valence-electron chi connectivity index (χ1n) is 12.0. The van der Waals surface area contributed by atoms with Gasteiger partial charge in [-0.2, -0.15) is 0 Å². The average molecular weight is 451 g/mol. The number of carbonyl (C=O) groups excluding carboxylic acids is 2. The third kappa shape index (κ3) is 7.53. The predicted octanol–water partition coefficient (Wildman–Crippen LogP) is 4.28. The van der Waals surface area contributed by atoms with E-state index in [0.717, 1.165) is 31.3 Å². The highest BCUT2D eigenvalue weighted by Gasteiger charge is 2.44. The van der Waals surface area contributed by atoms with Crippen LogP contribution >= 0.6 is 0 Å². The third-order valence-electron chi connectivity index (χ3n) is 6.78. The molecule has 2 aliphatic heterocycles. The van der Waals surface area contributed by atoms with E-state index in [0.29, 0.717) is 6.42 Å². The molecule has 32 heavy (non-hydrogen) atoms. The van der Waals surface area contributed by atoms with Gasteiger partial charge in [0.05, 0.1) is 17.8 Å². The number of carbonyl (C=O) groups is 2. The van der Waals surface area contributed by atoms with E-state index in [1.165, 1.54) is 13.0 Å². The molecule has 0 aliphatic carbocycles. The maximum atomic E-state index is 12.6. The highest BCUT2D eigenvalue weighted by atomic mass is 16.6. The van der Waals surface area contributed by atoms with Crippen LogP contribution in [0.5, 0.6) is 0 Å². The Morgan fingerprint density at radius 3 is 2.50 bits per heavy atom. The Kier molecular flexibility index (Phi) is 9.26. The number of Topliss-reactive ketones (excluding diaryl/α,β-unsaturated/α-hetero) is 1. The normalized spacial score (nSPS) is 43.0. The van der Waals surface area contributed by atoms with Crippen molar-refractivity contribution in [3.63, 3.8) is 0 Å². The molecule has 0 amide bonds. The number of aliphatic hydroxyl groups is 2. The van der Waals surface area contributed by atoms with E-state index in [4.69, 9.17) is 9.47 Å². The Labute approximate surface area is 193 Å². The lowest BCUT2D eigenvalue weighted by atomic mass is 9.84. The molecule has 0 saturated carbocycles. The van der Waals surface area contributed by atoms with Gasteiger partial charge in [0.25, 0.3) is 0 Å².